The van der Waals surface area contributed by atoms with Crippen molar-refractivity contribution < 1.29 is 9.53 Å². The number of carbonyl (C=O) groups excluding carboxylic acids is 1. The van der Waals surface area contributed by atoms with Gasteiger partial charge in [-0.2, -0.15) is 0 Å². The van der Waals surface area contributed by atoms with Gasteiger partial charge < -0.3 is 9.30 Å². The standard InChI is InChI=1S/C27H30BrN3O2/c1-18-13-19(14-26(32)24-17-30(2)25-8-5-21(28)15-23(24)25)16-29-27(18)20-3-6-22(7-4-20)31-9-11-33-12-10-31/h3,5,8,13,15-17,22H,4,6-7,9-12,14H2,1-2H3. The number of hydrogen-bond donors (Lipinski definition) is 0. The highest BCUT2D eigenvalue weighted by molar-refractivity contribution is 9.10. The molecule has 2 aromatic heterocycles. The topological polar surface area (TPSA) is 47.4 Å². The lowest BCUT2D eigenvalue weighted by Crippen LogP contribution is -2.43. The molecule has 1 aromatic carbocycles. The molecule has 0 bridgehead atoms. The average molecular weight is 508 g/mol. The summed E-state index contributed by atoms with van der Waals surface area (Å²) in [6.07, 6.45) is 9.86. The molecule has 1 atom stereocenters. The highest BCUT2D eigenvalue weighted by atomic mass is 79.9. The SMILES string of the molecule is Cc1cc(CC(=O)c2cn(C)c3ccc(Br)cc23)cnc1C1=CCC(N2CCOCC2)CC1. The number of benzene rings is 1. The molecule has 6 heteroatoms. The summed E-state index contributed by atoms with van der Waals surface area (Å²) in [5.41, 5.74) is 6.37. The van der Waals surface area contributed by atoms with Crippen LogP contribution in [0.4, 0.5) is 0 Å². The van der Waals surface area contributed by atoms with Gasteiger partial charge in [-0.25, -0.2) is 0 Å². The van der Waals surface area contributed by atoms with Crippen LogP contribution in [0.2, 0.25) is 0 Å². The Labute approximate surface area is 203 Å². The molecule has 1 saturated heterocycles. The zero-order valence-electron chi connectivity index (χ0n) is 19.3. The summed E-state index contributed by atoms with van der Waals surface area (Å²) in [6.45, 7) is 5.90. The summed E-state index contributed by atoms with van der Waals surface area (Å²) in [4.78, 5) is 20.5. The maximum atomic E-state index is 13.2. The number of morpholine rings is 1. The highest BCUT2D eigenvalue weighted by Crippen LogP contribution is 2.31. The maximum Gasteiger partial charge on any atom is 0.169 e. The molecule has 5 rings (SSSR count). The second-order valence-electron chi connectivity index (χ2n) is 9.23. The van der Waals surface area contributed by atoms with Gasteiger partial charge in [-0.05, 0) is 61.1 Å². The molecule has 33 heavy (non-hydrogen) atoms. The van der Waals surface area contributed by atoms with Crippen molar-refractivity contribution in [2.45, 2.75) is 38.6 Å². The van der Waals surface area contributed by atoms with E-state index in [1.54, 1.807) is 0 Å². The molecule has 1 unspecified atom stereocenters. The zero-order chi connectivity index (χ0) is 22.9. The van der Waals surface area contributed by atoms with Gasteiger partial charge in [0.1, 0.15) is 0 Å². The second kappa shape index (κ2) is 9.53. The van der Waals surface area contributed by atoms with Gasteiger partial charge >= 0.3 is 0 Å². The smallest absolute Gasteiger partial charge is 0.169 e. The van der Waals surface area contributed by atoms with E-state index < -0.39 is 0 Å². The lowest BCUT2D eigenvalue weighted by Gasteiger charge is -2.36. The van der Waals surface area contributed by atoms with Crippen molar-refractivity contribution in [2.75, 3.05) is 26.3 Å². The molecular formula is C27H30BrN3O2. The van der Waals surface area contributed by atoms with Crippen LogP contribution in [0.15, 0.2) is 47.2 Å². The van der Waals surface area contributed by atoms with E-state index in [0.29, 0.717) is 12.5 Å². The lowest BCUT2D eigenvalue weighted by atomic mass is 9.90. The van der Waals surface area contributed by atoms with Crippen LogP contribution in [-0.4, -0.2) is 52.6 Å². The Balaban J connectivity index is 1.30. The molecule has 0 N–H and O–H groups in total. The van der Waals surface area contributed by atoms with Crippen molar-refractivity contribution in [3.8, 4) is 0 Å². The Kier molecular flexibility index (Phi) is 6.50. The van der Waals surface area contributed by atoms with Gasteiger partial charge in [0.15, 0.2) is 5.78 Å². The van der Waals surface area contributed by atoms with Crippen molar-refractivity contribution >= 4 is 38.2 Å². The number of fused-ring (bicyclic) bond motifs is 1. The van der Waals surface area contributed by atoms with E-state index in [4.69, 9.17) is 9.72 Å². The quantitative estimate of drug-likeness (QED) is 0.437. The summed E-state index contributed by atoms with van der Waals surface area (Å²) in [6, 6.07) is 8.82. The van der Waals surface area contributed by atoms with Crippen LogP contribution in [0.1, 0.15) is 46.4 Å². The van der Waals surface area contributed by atoms with Gasteiger partial charge in [-0.1, -0.05) is 28.1 Å². The first-order valence-corrected chi connectivity index (χ1v) is 12.5. The van der Waals surface area contributed by atoms with Crippen molar-refractivity contribution in [3.63, 3.8) is 0 Å². The van der Waals surface area contributed by atoms with Gasteiger partial charge in [0.2, 0.25) is 0 Å². The van der Waals surface area contributed by atoms with Crippen LogP contribution in [0, 0.1) is 6.92 Å². The molecule has 0 spiro atoms. The summed E-state index contributed by atoms with van der Waals surface area (Å²) in [5.74, 6) is 0.123. The number of carbonyl (C=O) groups is 1. The fourth-order valence-electron chi connectivity index (χ4n) is 5.24. The number of aromatic nitrogens is 2. The van der Waals surface area contributed by atoms with Crippen LogP contribution in [0.5, 0.6) is 0 Å². The van der Waals surface area contributed by atoms with E-state index in [0.717, 1.165) is 76.9 Å². The molecule has 1 aliphatic carbocycles. The molecule has 1 aliphatic heterocycles. The summed E-state index contributed by atoms with van der Waals surface area (Å²) < 4.78 is 8.49. The Morgan fingerprint density at radius 3 is 2.79 bits per heavy atom. The van der Waals surface area contributed by atoms with Gasteiger partial charge in [-0.3, -0.25) is 14.7 Å². The number of rotatable bonds is 5. The predicted molar refractivity (Wildman–Crippen MR) is 136 cm³/mol. The number of pyridine rings is 1. The summed E-state index contributed by atoms with van der Waals surface area (Å²) in [7, 11) is 1.98. The summed E-state index contributed by atoms with van der Waals surface area (Å²) in [5, 5.41) is 0.986. The normalized spacial score (nSPS) is 19.6. The van der Waals surface area contributed by atoms with E-state index in [1.807, 2.05) is 42.2 Å². The number of aryl methyl sites for hydroxylation is 2. The first kappa shape index (κ1) is 22.5. The number of halogens is 1. The van der Waals surface area contributed by atoms with E-state index in [1.165, 1.54) is 12.0 Å². The largest absolute Gasteiger partial charge is 0.379 e. The third kappa shape index (κ3) is 4.70. The first-order valence-electron chi connectivity index (χ1n) is 11.7. The Hall–Kier alpha value is -2.28. The molecule has 0 saturated carbocycles. The molecule has 1 fully saturated rings. The second-order valence-corrected chi connectivity index (χ2v) is 10.1. The predicted octanol–water partition coefficient (Wildman–Crippen LogP) is 5.34. The third-order valence-electron chi connectivity index (χ3n) is 7.00. The molecule has 0 radical (unpaired) electrons. The van der Waals surface area contributed by atoms with Crippen LogP contribution in [0.25, 0.3) is 16.5 Å². The summed E-state index contributed by atoms with van der Waals surface area (Å²) >= 11 is 3.53. The average Bonchev–Trinajstić information content (AvgIpc) is 3.15. The lowest BCUT2D eigenvalue weighted by molar-refractivity contribution is 0.0150. The number of ether oxygens (including phenoxy) is 1. The monoisotopic (exact) mass is 507 g/mol. The van der Waals surface area contributed by atoms with E-state index in [2.05, 4.69) is 39.9 Å². The minimum atomic E-state index is 0.123. The Bertz CT molecular complexity index is 1220. The number of Topliss-reactive ketones (excluding diaryl/α,β-unsaturated/α-hetero) is 1. The van der Waals surface area contributed by atoms with E-state index in [-0.39, 0.29) is 5.78 Å². The molecule has 172 valence electrons. The number of nitrogens with zero attached hydrogens (tertiary/aromatic N) is 3. The van der Waals surface area contributed by atoms with Crippen LogP contribution < -0.4 is 0 Å². The Morgan fingerprint density at radius 2 is 2.06 bits per heavy atom. The minimum absolute atomic E-state index is 0.123. The fraction of sp³-hybridized carbons (Fsp3) is 0.407. The number of hydrogen-bond acceptors (Lipinski definition) is 4. The highest BCUT2D eigenvalue weighted by Gasteiger charge is 2.24. The fourth-order valence-corrected chi connectivity index (χ4v) is 5.60. The van der Waals surface area contributed by atoms with Gasteiger partial charge in [0.25, 0.3) is 0 Å². The molecule has 3 aromatic rings. The molecule has 2 aliphatic rings. The van der Waals surface area contributed by atoms with Crippen molar-refractivity contribution in [1.29, 1.82) is 0 Å². The first-order chi connectivity index (χ1) is 16.0. The van der Waals surface area contributed by atoms with Crippen molar-refractivity contribution in [1.82, 2.24) is 14.5 Å². The van der Waals surface area contributed by atoms with Crippen molar-refractivity contribution in [2.24, 2.45) is 7.05 Å². The van der Waals surface area contributed by atoms with Crippen LogP contribution in [0.3, 0.4) is 0 Å². The van der Waals surface area contributed by atoms with Gasteiger partial charge in [0.05, 0.1) is 18.9 Å². The molecule has 0 amide bonds. The molecule has 5 nitrogen and oxygen atoms in total. The van der Waals surface area contributed by atoms with E-state index in [9.17, 15) is 4.79 Å². The third-order valence-corrected chi connectivity index (χ3v) is 7.49. The van der Waals surface area contributed by atoms with E-state index >= 15 is 0 Å². The zero-order valence-corrected chi connectivity index (χ0v) is 20.9. The van der Waals surface area contributed by atoms with Crippen LogP contribution in [-0.2, 0) is 18.2 Å². The van der Waals surface area contributed by atoms with Crippen molar-refractivity contribution in [3.05, 3.63) is 69.6 Å². The van der Waals surface area contributed by atoms with Crippen LogP contribution >= 0.6 is 15.9 Å². The van der Waals surface area contributed by atoms with Gasteiger partial charge in [0, 0.05) is 65.9 Å². The Morgan fingerprint density at radius 1 is 1.24 bits per heavy atom. The molecule has 3 heterocycles. The minimum Gasteiger partial charge on any atom is -0.379 e. The molecular weight excluding hydrogens is 478 g/mol. The number of allylic oxidation sites excluding steroid dienone is 1. The maximum absolute atomic E-state index is 13.2. The van der Waals surface area contributed by atoms with Gasteiger partial charge in [-0.15, -0.1) is 0 Å². The number of ketones is 1.